The molecule has 1 aliphatic carbocycles. The number of aromatic nitrogens is 1. The maximum Gasteiger partial charge on any atom is 0.251 e. The highest BCUT2D eigenvalue weighted by molar-refractivity contribution is 5.95. The van der Waals surface area contributed by atoms with Crippen molar-refractivity contribution >= 4 is 11.7 Å². The van der Waals surface area contributed by atoms with Gasteiger partial charge in [0.2, 0.25) is 0 Å². The van der Waals surface area contributed by atoms with Crippen molar-refractivity contribution < 1.29 is 4.79 Å². The average molecular weight is 219 g/mol. The second kappa shape index (κ2) is 4.51. The third kappa shape index (κ3) is 2.51. The van der Waals surface area contributed by atoms with Crippen LogP contribution in [-0.2, 0) is 0 Å². The van der Waals surface area contributed by atoms with E-state index in [9.17, 15) is 4.79 Å². The van der Waals surface area contributed by atoms with Crippen molar-refractivity contribution in [3.63, 3.8) is 0 Å². The summed E-state index contributed by atoms with van der Waals surface area (Å²) >= 11 is 0. The molecule has 1 heterocycles. The molecule has 2 atom stereocenters. The Morgan fingerprint density at radius 1 is 1.62 bits per heavy atom. The predicted octanol–water partition coefficient (Wildman–Crippen LogP) is 1.65. The van der Waals surface area contributed by atoms with E-state index in [0.29, 0.717) is 17.5 Å². The lowest BCUT2D eigenvalue weighted by Crippen LogP contribution is -2.26. The van der Waals surface area contributed by atoms with Gasteiger partial charge in [0.25, 0.3) is 5.91 Å². The Kier molecular flexibility index (Phi) is 3.08. The number of carbonyl (C=O) groups excluding carboxylic acids is 1. The van der Waals surface area contributed by atoms with Gasteiger partial charge in [-0.3, -0.25) is 4.79 Å². The van der Waals surface area contributed by atoms with Crippen LogP contribution in [0.4, 0.5) is 5.82 Å². The molecule has 1 saturated carbocycles. The largest absolute Gasteiger partial charge is 0.370 e. The standard InChI is InChI=1S/C12H17N3O/c1-3-13-11-7-9(4-5-14-11)12(16)15-10-6-8(10)2/h4-5,7-8,10H,3,6H2,1-2H3,(H,13,14)(H,15,16). The molecule has 1 aromatic rings. The van der Waals surface area contributed by atoms with Crippen LogP contribution in [0.25, 0.3) is 0 Å². The molecule has 16 heavy (non-hydrogen) atoms. The number of pyridine rings is 1. The van der Waals surface area contributed by atoms with Gasteiger partial charge in [-0.05, 0) is 31.4 Å². The van der Waals surface area contributed by atoms with E-state index < -0.39 is 0 Å². The zero-order valence-electron chi connectivity index (χ0n) is 9.66. The van der Waals surface area contributed by atoms with Crippen LogP contribution in [0, 0.1) is 5.92 Å². The van der Waals surface area contributed by atoms with E-state index in [2.05, 4.69) is 22.5 Å². The molecule has 1 fully saturated rings. The highest BCUT2D eigenvalue weighted by Gasteiger charge is 2.33. The van der Waals surface area contributed by atoms with Gasteiger partial charge in [0.15, 0.2) is 0 Å². The van der Waals surface area contributed by atoms with Gasteiger partial charge in [-0.1, -0.05) is 6.92 Å². The third-order valence-electron chi connectivity index (χ3n) is 2.81. The molecule has 0 bridgehead atoms. The molecule has 2 rings (SSSR count). The molecule has 4 heteroatoms. The number of nitrogens with one attached hydrogen (secondary N) is 2. The summed E-state index contributed by atoms with van der Waals surface area (Å²) in [4.78, 5) is 16.0. The van der Waals surface area contributed by atoms with Crippen molar-refractivity contribution in [2.24, 2.45) is 5.92 Å². The molecule has 0 saturated heterocycles. The molecule has 1 aliphatic rings. The Bertz CT molecular complexity index is 392. The first kappa shape index (κ1) is 10.9. The Balaban J connectivity index is 2.01. The molecule has 0 aromatic carbocycles. The van der Waals surface area contributed by atoms with Crippen LogP contribution in [0.15, 0.2) is 18.3 Å². The van der Waals surface area contributed by atoms with E-state index in [-0.39, 0.29) is 5.91 Å². The van der Waals surface area contributed by atoms with Crippen molar-refractivity contribution in [2.75, 3.05) is 11.9 Å². The summed E-state index contributed by atoms with van der Waals surface area (Å²) in [7, 11) is 0. The zero-order valence-corrected chi connectivity index (χ0v) is 9.66. The Hall–Kier alpha value is -1.58. The zero-order chi connectivity index (χ0) is 11.5. The number of nitrogens with zero attached hydrogens (tertiary/aromatic N) is 1. The minimum atomic E-state index is -0.00379. The van der Waals surface area contributed by atoms with Crippen molar-refractivity contribution in [1.82, 2.24) is 10.3 Å². The summed E-state index contributed by atoms with van der Waals surface area (Å²) in [5, 5.41) is 6.08. The topological polar surface area (TPSA) is 54.0 Å². The summed E-state index contributed by atoms with van der Waals surface area (Å²) in [6, 6.07) is 3.89. The summed E-state index contributed by atoms with van der Waals surface area (Å²) in [6.07, 6.45) is 2.75. The molecule has 86 valence electrons. The lowest BCUT2D eigenvalue weighted by Gasteiger charge is -2.06. The molecule has 1 aromatic heterocycles. The van der Waals surface area contributed by atoms with Gasteiger partial charge in [-0.2, -0.15) is 0 Å². The fourth-order valence-corrected chi connectivity index (χ4v) is 1.62. The highest BCUT2D eigenvalue weighted by Crippen LogP contribution is 2.29. The lowest BCUT2D eigenvalue weighted by molar-refractivity contribution is 0.0949. The molecule has 2 unspecified atom stereocenters. The first-order chi connectivity index (χ1) is 7.70. The monoisotopic (exact) mass is 219 g/mol. The van der Waals surface area contributed by atoms with Gasteiger partial charge in [0, 0.05) is 24.3 Å². The molecular weight excluding hydrogens is 202 g/mol. The van der Waals surface area contributed by atoms with Crippen LogP contribution < -0.4 is 10.6 Å². The van der Waals surface area contributed by atoms with E-state index in [4.69, 9.17) is 0 Å². The summed E-state index contributed by atoms with van der Waals surface area (Å²) in [6.45, 7) is 4.94. The van der Waals surface area contributed by atoms with Crippen LogP contribution in [0.5, 0.6) is 0 Å². The molecule has 0 radical (unpaired) electrons. The summed E-state index contributed by atoms with van der Waals surface area (Å²) in [5.74, 6) is 1.37. The van der Waals surface area contributed by atoms with E-state index in [1.54, 1.807) is 18.3 Å². The van der Waals surface area contributed by atoms with Crippen molar-refractivity contribution in [1.29, 1.82) is 0 Å². The van der Waals surface area contributed by atoms with Gasteiger partial charge >= 0.3 is 0 Å². The van der Waals surface area contributed by atoms with Gasteiger partial charge in [-0.25, -0.2) is 4.98 Å². The van der Waals surface area contributed by atoms with Gasteiger partial charge in [0.1, 0.15) is 5.82 Å². The Morgan fingerprint density at radius 2 is 2.38 bits per heavy atom. The first-order valence-electron chi connectivity index (χ1n) is 5.71. The number of anilines is 1. The van der Waals surface area contributed by atoms with Crippen LogP contribution >= 0.6 is 0 Å². The summed E-state index contributed by atoms with van der Waals surface area (Å²) < 4.78 is 0. The van der Waals surface area contributed by atoms with E-state index in [1.807, 2.05) is 6.92 Å². The molecule has 0 spiro atoms. The third-order valence-corrected chi connectivity index (χ3v) is 2.81. The normalized spacial score (nSPS) is 22.6. The molecule has 1 amide bonds. The fraction of sp³-hybridized carbons (Fsp3) is 0.500. The predicted molar refractivity (Wildman–Crippen MR) is 63.4 cm³/mol. The van der Waals surface area contributed by atoms with Crippen LogP contribution in [0.2, 0.25) is 0 Å². The minimum Gasteiger partial charge on any atom is -0.370 e. The first-order valence-corrected chi connectivity index (χ1v) is 5.71. The molecule has 0 aliphatic heterocycles. The van der Waals surface area contributed by atoms with Gasteiger partial charge in [0.05, 0.1) is 0 Å². The quantitative estimate of drug-likeness (QED) is 0.809. The number of hydrogen-bond acceptors (Lipinski definition) is 3. The average Bonchev–Trinajstić information content (AvgIpc) is 2.95. The molecule has 2 N–H and O–H groups in total. The second-order valence-electron chi connectivity index (χ2n) is 4.25. The van der Waals surface area contributed by atoms with Gasteiger partial charge < -0.3 is 10.6 Å². The fourth-order valence-electron chi connectivity index (χ4n) is 1.62. The van der Waals surface area contributed by atoms with E-state index in [1.165, 1.54) is 0 Å². The number of rotatable bonds is 4. The van der Waals surface area contributed by atoms with Crippen LogP contribution in [0.3, 0.4) is 0 Å². The molecule has 4 nitrogen and oxygen atoms in total. The van der Waals surface area contributed by atoms with Crippen molar-refractivity contribution in [2.45, 2.75) is 26.3 Å². The van der Waals surface area contributed by atoms with Crippen molar-refractivity contribution in [3.8, 4) is 0 Å². The second-order valence-corrected chi connectivity index (χ2v) is 4.25. The Morgan fingerprint density at radius 3 is 3.00 bits per heavy atom. The lowest BCUT2D eigenvalue weighted by atomic mass is 10.2. The maximum atomic E-state index is 11.8. The maximum absolute atomic E-state index is 11.8. The minimum absolute atomic E-state index is 0.00379. The SMILES string of the molecule is CCNc1cc(C(=O)NC2CC2C)ccn1. The van der Waals surface area contributed by atoms with E-state index in [0.717, 1.165) is 18.8 Å². The highest BCUT2D eigenvalue weighted by atomic mass is 16.1. The van der Waals surface area contributed by atoms with Gasteiger partial charge in [-0.15, -0.1) is 0 Å². The van der Waals surface area contributed by atoms with Crippen molar-refractivity contribution in [3.05, 3.63) is 23.9 Å². The molecular formula is C12H17N3O. The van der Waals surface area contributed by atoms with Crippen LogP contribution in [0.1, 0.15) is 30.6 Å². The Labute approximate surface area is 95.5 Å². The summed E-state index contributed by atoms with van der Waals surface area (Å²) in [5.41, 5.74) is 0.671. The van der Waals surface area contributed by atoms with E-state index >= 15 is 0 Å². The smallest absolute Gasteiger partial charge is 0.251 e. The number of carbonyl (C=O) groups is 1. The number of hydrogen-bond donors (Lipinski definition) is 2. The number of amides is 1. The van der Waals surface area contributed by atoms with Crippen LogP contribution in [-0.4, -0.2) is 23.5 Å².